The van der Waals surface area contributed by atoms with Gasteiger partial charge in [-0.2, -0.15) is 5.26 Å². The van der Waals surface area contributed by atoms with E-state index in [4.69, 9.17) is 4.98 Å². The Morgan fingerprint density at radius 3 is 2.83 bits per heavy atom. The van der Waals surface area contributed by atoms with Crippen molar-refractivity contribution in [3.05, 3.63) is 22.9 Å². The Morgan fingerprint density at radius 2 is 2.22 bits per heavy atom. The minimum Gasteiger partial charge on any atom is -0.353 e. The van der Waals surface area contributed by atoms with E-state index in [1.54, 1.807) is 0 Å². The zero-order valence-electron chi connectivity index (χ0n) is 11.5. The average Bonchev–Trinajstić information content (AvgIpc) is 2.85. The van der Waals surface area contributed by atoms with Crippen LogP contribution in [0.2, 0.25) is 0 Å². The molecule has 1 aromatic heterocycles. The summed E-state index contributed by atoms with van der Waals surface area (Å²) in [7, 11) is 0. The average molecular weight is 243 g/mol. The van der Waals surface area contributed by atoms with E-state index in [1.165, 1.54) is 17.7 Å². The van der Waals surface area contributed by atoms with Crippen LogP contribution in [-0.2, 0) is 12.8 Å². The van der Waals surface area contributed by atoms with E-state index in [-0.39, 0.29) is 0 Å². The quantitative estimate of drug-likeness (QED) is 0.816. The highest BCUT2D eigenvalue weighted by atomic mass is 15.2. The molecule has 0 spiro atoms. The minimum atomic E-state index is 0.425. The van der Waals surface area contributed by atoms with Crippen LogP contribution >= 0.6 is 0 Å². The van der Waals surface area contributed by atoms with E-state index in [0.717, 1.165) is 37.2 Å². The van der Waals surface area contributed by atoms with Gasteiger partial charge in [0.05, 0.1) is 5.56 Å². The molecule has 1 atom stereocenters. The van der Waals surface area contributed by atoms with Crippen LogP contribution < -0.4 is 4.90 Å². The fourth-order valence-corrected chi connectivity index (χ4v) is 2.65. The summed E-state index contributed by atoms with van der Waals surface area (Å²) in [6.45, 7) is 7.39. The monoisotopic (exact) mass is 243 g/mol. The Morgan fingerprint density at radius 1 is 1.44 bits per heavy atom. The lowest BCUT2D eigenvalue weighted by Crippen LogP contribution is -2.34. The number of fused-ring (bicyclic) bond motifs is 1. The van der Waals surface area contributed by atoms with Crippen molar-refractivity contribution < 1.29 is 0 Å². The van der Waals surface area contributed by atoms with Gasteiger partial charge in [0.1, 0.15) is 11.9 Å². The molecule has 1 aliphatic rings. The second-order valence-corrected chi connectivity index (χ2v) is 4.97. The van der Waals surface area contributed by atoms with Gasteiger partial charge in [0.15, 0.2) is 0 Å². The third kappa shape index (κ3) is 2.20. The van der Waals surface area contributed by atoms with E-state index in [9.17, 15) is 5.26 Å². The van der Waals surface area contributed by atoms with Crippen molar-refractivity contribution >= 4 is 5.82 Å². The number of aryl methyl sites for hydroxylation is 2. The number of anilines is 1. The minimum absolute atomic E-state index is 0.425. The lowest BCUT2D eigenvalue weighted by Gasteiger charge is -2.29. The van der Waals surface area contributed by atoms with Crippen molar-refractivity contribution in [3.63, 3.8) is 0 Å². The summed E-state index contributed by atoms with van der Waals surface area (Å²) < 4.78 is 0. The van der Waals surface area contributed by atoms with Crippen LogP contribution in [0, 0.1) is 11.3 Å². The van der Waals surface area contributed by atoms with Gasteiger partial charge in [-0.1, -0.05) is 6.92 Å². The summed E-state index contributed by atoms with van der Waals surface area (Å²) in [5, 5.41) is 9.33. The van der Waals surface area contributed by atoms with Crippen molar-refractivity contribution in [2.75, 3.05) is 11.4 Å². The Balaban J connectivity index is 2.46. The zero-order valence-corrected chi connectivity index (χ0v) is 11.5. The summed E-state index contributed by atoms with van der Waals surface area (Å²) in [5.41, 5.74) is 3.21. The van der Waals surface area contributed by atoms with Crippen molar-refractivity contribution in [1.82, 2.24) is 4.98 Å². The summed E-state index contributed by atoms with van der Waals surface area (Å²) in [5.74, 6) is 0.884. The molecule has 2 rings (SSSR count). The van der Waals surface area contributed by atoms with Crippen LogP contribution in [0.1, 0.15) is 50.4 Å². The van der Waals surface area contributed by atoms with Crippen molar-refractivity contribution in [3.8, 4) is 6.07 Å². The van der Waals surface area contributed by atoms with Gasteiger partial charge in [-0.25, -0.2) is 4.98 Å². The molecule has 0 aliphatic heterocycles. The predicted octanol–water partition coefficient (Wildman–Crippen LogP) is 3.07. The molecule has 0 N–H and O–H groups in total. The van der Waals surface area contributed by atoms with E-state index in [0.29, 0.717) is 6.04 Å². The number of pyridine rings is 1. The van der Waals surface area contributed by atoms with Gasteiger partial charge in [-0.3, -0.25) is 0 Å². The van der Waals surface area contributed by atoms with Crippen molar-refractivity contribution in [2.24, 2.45) is 0 Å². The molecule has 0 saturated carbocycles. The molecule has 3 nitrogen and oxygen atoms in total. The number of hydrogen-bond donors (Lipinski definition) is 0. The van der Waals surface area contributed by atoms with Gasteiger partial charge in [-0.05, 0) is 51.2 Å². The Kier molecular flexibility index (Phi) is 3.86. The molecule has 0 aromatic carbocycles. The SMILES string of the molecule is CCC(C)N(CC)c1nc2c(cc1C#N)CCC2. The number of hydrogen-bond acceptors (Lipinski definition) is 3. The first-order chi connectivity index (χ1) is 8.71. The van der Waals surface area contributed by atoms with E-state index in [1.807, 2.05) is 0 Å². The Labute approximate surface area is 109 Å². The van der Waals surface area contributed by atoms with Crippen LogP contribution in [0.4, 0.5) is 5.82 Å². The van der Waals surface area contributed by atoms with Gasteiger partial charge in [0, 0.05) is 18.3 Å². The normalized spacial score (nSPS) is 15.0. The second kappa shape index (κ2) is 5.39. The van der Waals surface area contributed by atoms with Crippen molar-refractivity contribution in [1.29, 1.82) is 5.26 Å². The first-order valence-corrected chi connectivity index (χ1v) is 6.90. The summed E-state index contributed by atoms with van der Waals surface area (Å²) in [4.78, 5) is 7.01. The lowest BCUT2D eigenvalue weighted by atomic mass is 10.1. The maximum Gasteiger partial charge on any atom is 0.147 e. The number of nitrogens with zero attached hydrogens (tertiary/aromatic N) is 3. The fourth-order valence-electron chi connectivity index (χ4n) is 2.65. The smallest absolute Gasteiger partial charge is 0.147 e. The summed E-state index contributed by atoms with van der Waals surface area (Å²) in [6.07, 6.45) is 4.38. The number of nitriles is 1. The lowest BCUT2D eigenvalue weighted by molar-refractivity contribution is 0.621. The summed E-state index contributed by atoms with van der Waals surface area (Å²) >= 11 is 0. The van der Waals surface area contributed by atoms with Crippen LogP contribution in [0.15, 0.2) is 6.07 Å². The molecule has 0 fully saturated rings. The molecule has 1 unspecified atom stereocenters. The van der Waals surface area contributed by atoms with E-state index in [2.05, 4.69) is 37.8 Å². The van der Waals surface area contributed by atoms with Crippen LogP contribution in [0.25, 0.3) is 0 Å². The third-order valence-corrected chi connectivity index (χ3v) is 3.89. The molecule has 96 valence electrons. The highest BCUT2D eigenvalue weighted by molar-refractivity contribution is 5.57. The standard InChI is InChI=1S/C15H21N3/c1-4-11(3)18(5-2)15-13(10-16)9-12-7-6-8-14(12)17-15/h9,11H,4-8H2,1-3H3. The molecule has 0 saturated heterocycles. The van der Waals surface area contributed by atoms with Crippen LogP contribution in [0.3, 0.4) is 0 Å². The van der Waals surface area contributed by atoms with Crippen LogP contribution in [-0.4, -0.2) is 17.6 Å². The molecule has 1 heterocycles. The highest BCUT2D eigenvalue weighted by Crippen LogP contribution is 2.28. The maximum atomic E-state index is 9.33. The Bertz CT molecular complexity index is 473. The second-order valence-electron chi connectivity index (χ2n) is 4.97. The molecule has 0 bridgehead atoms. The first-order valence-electron chi connectivity index (χ1n) is 6.90. The van der Waals surface area contributed by atoms with E-state index >= 15 is 0 Å². The maximum absolute atomic E-state index is 9.33. The molecular weight excluding hydrogens is 222 g/mol. The third-order valence-electron chi connectivity index (χ3n) is 3.89. The zero-order chi connectivity index (χ0) is 13.1. The van der Waals surface area contributed by atoms with Crippen LogP contribution in [0.5, 0.6) is 0 Å². The first kappa shape index (κ1) is 12.9. The fraction of sp³-hybridized carbons (Fsp3) is 0.600. The summed E-state index contributed by atoms with van der Waals surface area (Å²) in [6, 6.07) is 4.79. The molecular formula is C15H21N3. The number of aromatic nitrogens is 1. The van der Waals surface area contributed by atoms with Gasteiger partial charge in [-0.15, -0.1) is 0 Å². The van der Waals surface area contributed by atoms with Gasteiger partial charge in [0.25, 0.3) is 0 Å². The van der Waals surface area contributed by atoms with Gasteiger partial charge in [0.2, 0.25) is 0 Å². The molecule has 1 aliphatic carbocycles. The highest BCUT2D eigenvalue weighted by Gasteiger charge is 2.21. The molecule has 1 aromatic rings. The molecule has 0 amide bonds. The van der Waals surface area contributed by atoms with E-state index < -0.39 is 0 Å². The topological polar surface area (TPSA) is 39.9 Å². The molecule has 0 radical (unpaired) electrons. The van der Waals surface area contributed by atoms with Gasteiger partial charge >= 0.3 is 0 Å². The molecule has 3 heteroatoms. The van der Waals surface area contributed by atoms with Crippen molar-refractivity contribution in [2.45, 2.75) is 52.5 Å². The van der Waals surface area contributed by atoms with Gasteiger partial charge < -0.3 is 4.90 Å². The number of rotatable bonds is 4. The predicted molar refractivity (Wildman–Crippen MR) is 73.8 cm³/mol. The molecule has 18 heavy (non-hydrogen) atoms. The largest absolute Gasteiger partial charge is 0.353 e. The Hall–Kier alpha value is -1.56.